The highest BCUT2D eigenvalue weighted by atomic mass is 15.3. The molecule has 1 N–H and O–H groups in total. The van der Waals surface area contributed by atoms with Gasteiger partial charge in [0.2, 0.25) is 0 Å². The van der Waals surface area contributed by atoms with Crippen molar-refractivity contribution < 1.29 is 0 Å². The molecule has 0 bridgehead atoms. The molecule has 0 aliphatic carbocycles. The maximum absolute atomic E-state index is 4.51. The summed E-state index contributed by atoms with van der Waals surface area (Å²) in [4.78, 5) is 11.2. The molecule has 4 rings (SSSR count). The van der Waals surface area contributed by atoms with Crippen LogP contribution < -0.4 is 5.32 Å². The molecule has 1 fully saturated rings. The van der Waals surface area contributed by atoms with Gasteiger partial charge in [-0.2, -0.15) is 5.10 Å². The Morgan fingerprint density at radius 1 is 1.31 bits per heavy atom. The molecule has 0 spiro atoms. The smallest absolute Gasteiger partial charge is 0.193 e. The fourth-order valence-corrected chi connectivity index (χ4v) is 3.99. The van der Waals surface area contributed by atoms with E-state index in [-0.39, 0.29) is 0 Å². The minimum atomic E-state index is 0.518. The van der Waals surface area contributed by atoms with E-state index in [1.54, 1.807) is 0 Å². The van der Waals surface area contributed by atoms with Gasteiger partial charge < -0.3 is 14.8 Å². The van der Waals surface area contributed by atoms with Crippen molar-refractivity contribution >= 4 is 5.96 Å². The van der Waals surface area contributed by atoms with Gasteiger partial charge in [-0.05, 0) is 30.0 Å². The number of rotatable bonds is 5. The van der Waals surface area contributed by atoms with Crippen LogP contribution in [-0.4, -0.2) is 50.3 Å². The lowest BCUT2D eigenvalue weighted by molar-refractivity contribution is 0.486. The predicted molar refractivity (Wildman–Crippen MR) is 115 cm³/mol. The molecule has 7 nitrogen and oxygen atoms in total. The zero-order valence-electron chi connectivity index (χ0n) is 17.4. The third-order valence-corrected chi connectivity index (χ3v) is 5.61. The molecule has 1 unspecified atom stereocenters. The second kappa shape index (κ2) is 8.51. The average Bonchev–Trinajstić information content (AvgIpc) is 3.45. The topological polar surface area (TPSA) is 63.3 Å². The van der Waals surface area contributed by atoms with E-state index in [0.29, 0.717) is 5.92 Å². The van der Waals surface area contributed by atoms with Crippen molar-refractivity contribution in [3.63, 3.8) is 0 Å². The van der Waals surface area contributed by atoms with Crippen molar-refractivity contribution in [3.05, 3.63) is 71.6 Å². The number of aromatic nitrogens is 4. The first-order chi connectivity index (χ1) is 14.1. The van der Waals surface area contributed by atoms with Crippen molar-refractivity contribution in [2.45, 2.75) is 32.4 Å². The molecule has 7 heteroatoms. The highest BCUT2D eigenvalue weighted by molar-refractivity contribution is 5.80. The minimum Gasteiger partial charge on any atom is -0.352 e. The second-order valence-corrected chi connectivity index (χ2v) is 7.70. The average molecular weight is 392 g/mol. The Labute approximate surface area is 172 Å². The number of hydrogen-bond acceptors (Lipinski definition) is 3. The number of benzene rings is 1. The van der Waals surface area contributed by atoms with Crippen molar-refractivity contribution in [1.29, 1.82) is 0 Å². The number of aryl methyl sites for hydroxylation is 2. The Balaban J connectivity index is 1.35. The van der Waals surface area contributed by atoms with E-state index in [4.69, 9.17) is 0 Å². The van der Waals surface area contributed by atoms with E-state index < -0.39 is 0 Å². The summed E-state index contributed by atoms with van der Waals surface area (Å²) >= 11 is 0. The van der Waals surface area contributed by atoms with Crippen LogP contribution in [0, 0.1) is 6.92 Å². The first-order valence-corrected chi connectivity index (χ1v) is 10.1. The molecular weight excluding hydrogens is 362 g/mol. The summed E-state index contributed by atoms with van der Waals surface area (Å²) in [6.45, 7) is 5.62. The molecule has 1 aliphatic rings. The highest BCUT2D eigenvalue weighted by Gasteiger charge is 2.26. The van der Waals surface area contributed by atoms with E-state index >= 15 is 0 Å². The van der Waals surface area contributed by atoms with Gasteiger partial charge in [0.15, 0.2) is 5.96 Å². The highest BCUT2D eigenvalue weighted by Crippen LogP contribution is 2.26. The van der Waals surface area contributed by atoms with E-state index in [1.165, 1.54) is 16.7 Å². The van der Waals surface area contributed by atoms with Crippen LogP contribution in [-0.2, 0) is 20.1 Å². The summed E-state index contributed by atoms with van der Waals surface area (Å²) < 4.78 is 4.04. The van der Waals surface area contributed by atoms with Gasteiger partial charge in [0.05, 0.1) is 6.20 Å². The number of hydrogen-bond donors (Lipinski definition) is 1. The van der Waals surface area contributed by atoms with Crippen LogP contribution in [0.25, 0.3) is 0 Å². The molecule has 2 aromatic heterocycles. The number of imidazole rings is 1. The monoisotopic (exact) mass is 391 g/mol. The lowest BCUT2D eigenvalue weighted by Crippen LogP contribution is -2.39. The largest absolute Gasteiger partial charge is 0.352 e. The van der Waals surface area contributed by atoms with Gasteiger partial charge in [0.1, 0.15) is 5.82 Å². The van der Waals surface area contributed by atoms with Crippen molar-refractivity contribution in [2.24, 2.45) is 12.0 Å². The SMILES string of the molecule is CN=C(NCc1cccc(Cn2ccnc2C)c1)N1CCC(c2cnn(C)c2)C1. The normalized spacial score (nSPS) is 17.1. The number of likely N-dealkylation sites (tertiary alicyclic amines) is 1. The molecule has 0 saturated carbocycles. The Bertz CT molecular complexity index is 984. The van der Waals surface area contributed by atoms with Crippen LogP contribution in [0.2, 0.25) is 0 Å². The van der Waals surface area contributed by atoms with E-state index in [9.17, 15) is 0 Å². The van der Waals surface area contributed by atoms with Gasteiger partial charge in [0, 0.05) is 64.8 Å². The van der Waals surface area contributed by atoms with Gasteiger partial charge in [-0.25, -0.2) is 4.98 Å². The van der Waals surface area contributed by atoms with Gasteiger partial charge in [0.25, 0.3) is 0 Å². The number of guanidine groups is 1. The fourth-order valence-electron chi connectivity index (χ4n) is 3.99. The molecule has 1 saturated heterocycles. The fraction of sp³-hybridized carbons (Fsp3) is 0.409. The number of nitrogens with one attached hydrogen (secondary N) is 1. The van der Waals surface area contributed by atoms with Crippen LogP contribution in [0.15, 0.2) is 54.0 Å². The summed E-state index contributed by atoms with van der Waals surface area (Å²) in [7, 11) is 3.83. The summed E-state index contributed by atoms with van der Waals surface area (Å²) in [5.41, 5.74) is 3.84. The maximum Gasteiger partial charge on any atom is 0.193 e. The molecular formula is C22H29N7. The third kappa shape index (κ3) is 4.50. The first-order valence-electron chi connectivity index (χ1n) is 10.1. The Kier molecular flexibility index (Phi) is 5.64. The Hall–Kier alpha value is -3.09. The summed E-state index contributed by atoms with van der Waals surface area (Å²) in [6, 6.07) is 8.70. The molecule has 1 aliphatic heterocycles. The van der Waals surface area contributed by atoms with Crippen LogP contribution in [0.3, 0.4) is 0 Å². The van der Waals surface area contributed by atoms with Crippen LogP contribution >= 0.6 is 0 Å². The molecule has 152 valence electrons. The van der Waals surface area contributed by atoms with Crippen LogP contribution in [0.1, 0.15) is 34.9 Å². The molecule has 1 atom stereocenters. The van der Waals surface area contributed by atoms with Gasteiger partial charge in [-0.3, -0.25) is 9.67 Å². The summed E-state index contributed by atoms with van der Waals surface area (Å²) in [5, 5.41) is 7.85. The van der Waals surface area contributed by atoms with Gasteiger partial charge >= 0.3 is 0 Å². The standard InChI is InChI=1S/C22H29N7/c1-17-24-8-10-28(17)14-19-6-4-5-18(11-19)12-25-22(23-2)29-9-7-20(16-29)21-13-26-27(3)15-21/h4-6,8,10-11,13,15,20H,7,9,12,14,16H2,1-3H3,(H,23,25). The molecule has 3 heterocycles. The predicted octanol–water partition coefficient (Wildman–Crippen LogP) is 2.54. The second-order valence-electron chi connectivity index (χ2n) is 7.70. The molecule has 1 aromatic carbocycles. The third-order valence-electron chi connectivity index (χ3n) is 5.61. The van der Waals surface area contributed by atoms with E-state index in [0.717, 1.165) is 44.4 Å². The zero-order valence-corrected chi connectivity index (χ0v) is 17.4. The van der Waals surface area contributed by atoms with Gasteiger partial charge in [-0.15, -0.1) is 0 Å². The zero-order chi connectivity index (χ0) is 20.2. The number of aliphatic imine (C=N–C) groups is 1. The molecule has 3 aromatic rings. The Morgan fingerprint density at radius 2 is 2.17 bits per heavy atom. The summed E-state index contributed by atoms with van der Waals surface area (Å²) in [5.74, 6) is 2.52. The van der Waals surface area contributed by atoms with Crippen LogP contribution in [0.4, 0.5) is 0 Å². The Morgan fingerprint density at radius 3 is 2.90 bits per heavy atom. The van der Waals surface area contributed by atoms with E-state index in [2.05, 4.69) is 60.3 Å². The first kappa shape index (κ1) is 19.2. The number of nitrogens with zero attached hydrogens (tertiary/aromatic N) is 6. The van der Waals surface area contributed by atoms with Crippen molar-refractivity contribution in [3.8, 4) is 0 Å². The molecule has 0 amide bonds. The van der Waals surface area contributed by atoms with Crippen molar-refractivity contribution in [1.82, 2.24) is 29.5 Å². The molecule has 0 radical (unpaired) electrons. The van der Waals surface area contributed by atoms with Crippen LogP contribution in [0.5, 0.6) is 0 Å². The lowest BCUT2D eigenvalue weighted by atomic mass is 10.0. The summed E-state index contributed by atoms with van der Waals surface area (Å²) in [6.07, 6.45) is 9.11. The quantitative estimate of drug-likeness (QED) is 0.536. The minimum absolute atomic E-state index is 0.518. The maximum atomic E-state index is 4.51. The van der Waals surface area contributed by atoms with Crippen molar-refractivity contribution in [2.75, 3.05) is 20.1 Å². The lowest BCUT2D eigenvalue weighted by Gasteiger charge is -2.21. The van der Waals surface area contributed by atoms with E-state index in [1.807, 2.05) is 44.3 Å². The van der Waals surface area contributed by atoms with Gasteiger partial charge in [-0.1, -0.05) is 24.3 Å². The molecule has 29 heavy (non-hydrogen) atoms.